The fourth-order valence-corrected chi connectivity index (χ4v) is 1.96. The SMILES string of the molecule is CCC(N)Cc1ccc(OCc2ccnc(C#N)c2)cc1. The number of benzene rings is 1. The Balaban J connectivity index is 1.93. The van der Waals surface area contributed by atoms with Crippen molar-refractivity contribution in [1.29, 1.82) is 5.26 Å². The molecule has 0 saturated heterocycles. The van der Waals surface area contributed by atoms with Gasteiger partial charge in [-0.3, -0.25) is 0 Å². The Morgan fingerprint density at radius 3 is 2.67 bits per heavy atom. The smallest absolute Gasteiger partial charge is 0.140 e. The van der Waals surface area contributed by atoms with Gasteiger partial charge in [-0.05, 0) is 48.2 Å². The van der Waals surface area contributed by atoms with E-state index in [1.54, 1.807) is 12.3 Å². The molecule has 0 saturated carbocycles. The first-order chi connectivity index (χ1) is 10.2. The lowest BCUT2D eigenvalue weighted by molar-refractivity contribution is 0.306. The van der Waals surface area contributed by atoms with E-state index >= 15 is 0 Å². The number of pyridine rings is 1. The Morgan fingerprint density at radius 1 is 1.24 bits per heavy atom. The summed E-state index contributed by atoms with van der Waals surface area (Å²) in [5, 5.41) is 8.81. The normalized spacial score (nSPS) is 11.7. The third-order valence-electron chi connectivity index (χ3n) is 3.29. The Kier molecular flexibility index (Phi) is 5.30. The van der Waals surface area contributed by atoms with Gasteiger partial charge in [0, 0.05) is 12.2 Å². The molecule has 4 heteroatoms. The molecular weight excluding hydrogens is 262 g/mol. The second kappa shape index (κ2) is 7.41. The van der Waals surface area contributed by atoms with Crippen LogP contribution in [-0.4, -0.2) is 11.0 Å². The van der Waals surface area contributed by atoms with Crippen molar-refractivity contribution < 1.29 is 4.74 Å². The van der Waals surface area contributed by atoms with E-state index in [0.29, 0.717) is 12.3 Å². The fraction of sp³-hybridized carbons (Fsp3) is 0.294. The van der Waals surface area contributed by atoms with Crippen molar-refractivity contribution in [3.63, 3.8) is 0 Å². The van der Waals surface area contributed by atoms with Crippen LogP contribution in [0.15, 0.2) is 42.6 Å². The van der Waals surface area contributed by atoms with Crippen LogP contribution in [0.1, 0.15) is 30.2 Å². The zero-order chi connectivity index (χ0) is 15.1. The molecule has 0 amide bonds. The number of nitrogens with zero attached hydrogens (tertiary/aromatic N) is 2. The molecule has 1 heterocycles. The van der Waals surface area contributed by atoms with Crippen LogP contribution in [0.2, 0.25) is 0 Å². The molecule has 1 unspecified atom stereocenters. The molecule has 108 valence electrons. The van der Waals surface area contributed by atoms with Gasteiger partial charge in [0.15, 0.2) is 0 Å². The summed E-state index contributed by atoms with van der Waals surface area (Å²) >= 11 is 0. The molecular formula is C17H19N3O. The van der Waals surface area contributed by atoms with Gasteiger partial charge in [0.2, 0.25) is 0 Å². The summed E-state index contributed by atoms with van der Waals surface area (Å²) in [6.07, 6.45) is 3.47. The minimum atomic E-state index is 0.206. The van der Waals surface area contributed by atoms with Gasteiger partial charge in [-0.15, -0.1) is 0 Å². The van der Waals surface area contributed by atoms with Crippen LogP contribution in [0.5, 0.6) is 5.75 Å². The maximum absolute atomic E-state index is 8.81. The van der Waals surface area contributed by atoms with E-state index in [4.69, 9.17) is 15.7 Å². The van der Waals surface area contributed by atoms with Crippen LogP contribution >= 0.6 is 0 Å². The van der Waals surface area contributed by atoms with E-state index in [1.807, 2.05) is 36.4 Å². The van der Waals surface area contributed by atoms with Crippen molar-refractivity contribution >= 4 is 0 Å². The van der Waals surface area contributed by atoms with Crippen LogP contribution in [0.3, 0.4) is 0 Å². The number of ether oxygens (including phenoxy) is 1. The van der Waals surface area contributed by atoms with Crippen LogP contribution in [0, 0.1) is 11.3 Å². The Bertz CT molecular complexity index is 617. The van der Waals surface area contributed by atoms with E-state index in [9.17, 15) is 0 Å². The predicted molar refractivity (Wildman–Crippen MR) is 81.7 cm³/mol. The van der Waals surface area contributed by atoms with Gasteiger partial charge in [0.05, 0.1) is 0 Å². The average Bonchev–Trinajstić information content (AvgIpc) is 2.54. The molecule has 2 N–H and O–H groups in total. The monoisotopic (exact) mass is 281 g/mol. The van der Waals surface area contributed by atoms with Gasteiger partial charge < -0.3 is 10.5 Å². The molecule has 0 aliphatic heterocycles. The summed E-state index contributed by atoms with van der Waals surface area (Å²) in [7, 11) is 0. The molecule has 0 fully saturated rings. The van der Waals surface area contributed by atoms with E-state index in [2.05, 4.69) is 11.9 Å². The van der Waals surface area contributed by atoms with Crippen LogP contribution in [0.4, 0.5) is 0 Å². The quantitative estimate of drug-likeness (QED) is 0.883. The molecule has 0 aliphatic rings. The highest BCUT2D eigenvalue weighted by molar-refractivity contribution is 5.29. The summed E-state index contributed by atoms with van der Waals surface area (Å²) in [5.74, 6) is 0.805. The topological polar surface area (TPSA) is 71.9 Å². The van der Waals surface area contributed by atoms with Gasteiger partial charge in [0.1, 0.15) is 24.1 Å². The van der Waals surface area contributed by atoms with Crippen molar-refractivity contribution in [3.8, 4) is 11.8 Å². The van der Waals surface area contributed by atoms with Crippen LogP contribution in [-0.2, 0) is 13.0 Å². The summed E-state index contributed by atoms with van der Waals surface area (Å²) in [4.78, 5) is 3.93. The lowest BCUT2D eigenvalue weighted by Crippen LogP contribution is -2.21. The highest BCUT2D eigenvalue weighted by atomic mass is 16.5. The largest absolute Gasteiger partial charge is 0.489 e. The fourth-order valence-electron chi connectivity index (χ4n) is 1.96. The third-order valence-corrected chi connectivity index (χ3v) is 3.29. The van der Waals surface area contributed by atoms with Gasteiger partial charge in [0.25, 0.3) is 0 Å². The van der Waals surface area contributed by atoms with Crippen LogP contribution < -0.4 is 10.5 Å². The predicted octanol–water partition coefficient (Wildman–Crippen LogP) is 2.81. The molecule has 2 rings (SSSR count). The van der Waals surface area contributed by atoms with Gasteiger partial charge in [-0.25, -0.2) is 4.98 Å². The summed E-state index contributed by atoms with van der Waals surface area (Å²) in [5.41, 5.74) is 8.49. The zero-order valence-corrected chi connectivity index (χ0v) is 12.1. The zero-order valence-electron chi connectivity index (χ0n) is 12.1. The Labute approximate surface area is 125 Å². The summed E-state index contributed by atoms with van der Waals surface area (Å²) < 4.78 is 5.71. The first-order valence-corrected chi connectivity index (χ1v) is 7.03. The molecule has 0 radical (unpaired) electrons. The maximum Gasteiger partial charge on any atom is 0.140 e. The molecule has 21 heavy (non-hydrogen) atoms. The van der Waals surface area contributed by atoms with Crippen molar-refractivity contribution in [1.82, 2.24) is 4.98 Å². The maximum atomic E-state index is 8.81. The first-order valence-electron chi connectivity index (χ1n) is 7.03. The molecule has 0 spiro atoms. The summed E-state index contributed by atoms with van der Waals surface area (Å²) in [6, 6.07) is 13.8. The molecule has 0 bridgehead atoms. The van der Waals surface area contributed by atoms with Crippen molar-refractivity contribution in [2.45, 2.75) is 32.4 Å². The van der Waals surface area contributed by atoms with E-state index in [0.717, 1.165) is 24.2 Å². The highest BCUT2D eigenvalue weighted by Crippen LogP contribution is 2.15. The van der Waals surface area contributed by atoms with Gasteiger partial charge in [-0.1, -0.05) is 19.1 Å². The lowest BCUT2D eigenvalue weighted by Gasteiger charge is -2.10. The highest BCUT2D eigenvalue weighted by Gasteiger charge is 2.02. The standard InChI is InChI=1S/C17H19N3O/c1-2-15(19)9-13-3-5-17(6-4-13)21-12-14-7-8-20-16(10-14)11-18/h3-8,10,15H,2,9,12,19H2,1H3. The van der Waals surface area contributed by atoms with Crippen LogP contribution in [0.25, 0.3) is 0 Å². The second-order valence-corrected chi connectivity index (χ2v) is 4.97. The van der Waals surface area contributed by atoms with Crippen molar-refractivity contribution in [2.24, 2.45) is 5.73 Å². The number of hydrogen-bond donors (Lipinski definition) is 1. The average molecular weight is 281 g/mol. The molecule has 4 nitrogen and oxygen atoms in total. The van der Waals surface area contributed by atoms with Crippen molar-refractivity contribution in [3.05, 3.63) is 59.4 Å². The molecule has 1 aromatic carbocycles. The van der Waals surface area contributed by atoms with Crippen molar-refractivity contribution in [2.75, 3.05) is 0 Å². The summed E-state index contributed by atoms with van der Waals surface area (Å²) in [6.45, 7) is 2.51. The van der Waals surface area contributed by atoms with Gasteiger partial charge >= 0.3 is 0 Å². The molecule has 0 aliphatic carbocycles. The second-order valence-electron chi connectivity index (χ2n) is 4.97. The lowest BCUT2D eigenvalue weighted by atomic mass is 10.0. The Morgan fingerprint density at radius 2 is 2.00 bits per heavy atom. The first kappa shape index (κ1) is 15.0. The minimum absolute atomic E-state index is 0.206. The molecule has 2 aromatic rings. The van der Waals surface area contributed by atoms with Gasteiger partial charge in [-0.2, -0.15) is 5.26 Å². The number of hydrogen-bond acceptors (Lipinski definition) is 4. The number of nitriles is 1. The molecule has 1 aromatic heterocycles. The number of rotatable bonds is 6. The van der Waals surface area contributed by atoms with E-state index in [1.165, 1.54) is 5.56 Å². The number of nitrogens with two attached hydrogens (primary N) is 1. The molecule has 1 atom stereocenters. The number of aromatic nitrogens is 1. The Hall–Kier alpha value is -2.38. The minimum Gasteiger partial charge on any atom is -0.489 e. The van der Waals surface area contributed by atoms with E-state index < -0.39 is 0 Å². The van der Waals surface area contributed by atoms with E-state index in [-0.39, 0.29) is 6.04 Å². The third kappa shape index (κ3) is 4.59.